The number of rotatable bonds is 7. The number of halogens is 4. The number of anilines is 1. The van der Waals surface area contributed by atoms with Gasteiger partial charge in [-0.1, -0.05) is 6.42 Å². The van der Waals surface area contributed by atoms with Gasteiger partial charge in [0, 0.05) is 12.6 Å². The second-order valence-corrected chi connectivity index (χ2v) is 5.21. The minimum atomic E-state index is -4.51. The maximum Gasteiger partial charge on any atom is 0.433 e. The average Bonchev–Trinajstić information content (AvgIpc) is 2.32. The number of unbranched alkanes of at least 4 members (excludes halogenated alkanes) is 2. The molecule has 0 radical (unpaired) electrons. The first-order chi connectivity index (χ1) is 8.93. The fraction of sp³-hybridized carbons (Fsp3) is 0.636. The second kappa shape index (κ2) is 7.79. The van der Waals surface area contributed by atoms with E-state index in [1.165, 1.54) is 0 Å². The summed E-state index contributed by atoms with van der Waals surface area (Å²) in [6, 6.07) is 0.869. The highest BCUT2D eigenvalue weighted by atomic mass is 35.5. The SMILES string of the molecule is CSCCCCCNc1cc(C(F)(F)F)nc(Cl)n1. The Bertz CT molecular complexity index is 401. The zero-order valence-electron chi connectivity index (χ0n) is 10.4. The van der Waals surface area contributed by atoms with Gasteiger partial charge in [-0.05, 0) is 36.5 Å². The highest BCUT2D eigenvalue weighted by Gasteiger charge is 2.33. The molecule has 1 aromatic heterocycles. The van der Waals surface area contributed by atoms with Crippen molar-refractivity contribution in [2.24, 2.45) is 0 Å². The van der Waals surface area contributed by atoms with Crippen molar-refractivity contribution in [3.8, 4) is 0 Å². The van der Waals surface area contributed by atoms with Crippen molar-refractivity contribution in [1.29, 1.82) is 0 Å². The van der Waals surface area contributed by atoms with E-state index in [1.54, 1.807) is 11.8 Å². The lowest BCUT2D eigenvalue weighted by Crippen LogP contribution is -2.11. The van der Waals surface area contributed by atoms with Crippen LogP contribution < -0.4 is 5.32 Å². The number of nitrogens with zero attached hydrogens (tertiary/aromatic N) is 2. The largest absolute Gasteiger partial charge is 0.433 e. The second-order valence-electron chi connectivity index (χ2n) is 3.89. The van der Waals surface area contributed by atoms with E-state index in [0.29, 0.717) is 6.54 Å². The Kier molecular flexibility index (Phi) is 6.71. The topological polar surface area (TPSA) is 37.8 Å². The quantitative estimate of drug-likeness (QED) is 0.607. The van der Waals surface area contributed by atoms with Crippen LogP contribution in [0.1, 0.15) is 25.0 Å². The molecule has 108 valence electrons. The van der Waals surface area contributed by atoms with Crippen LogP contribution in [0.3, 0.4) is 0 Å². The molecular formula is C11H15ClF3N3S. The summed E-state index contributed by atoms with van der Waals surface area (Å²) in [6.07, 6.45) is 0.532. The Morgan fingerprint density at radius 1 is 1.26 bits per heavy atom. The van der Waals surface area contributed by atoms with Crippen molar-refractivity contribution in [3.63, 3.8) is 0 Å². The summed E-state index contributed by atoms with van der Waals surface area (Å²) in [6.45, 7) is 0.568. The molecule has 0 fully saturated rings. The molecule has 1 rings (SSSR count). The highest BCUT2D eigenvalue weighted by Crippen LogP contribution is 2.29. The van der Waals surface area contributed by atoms with Crippen molar-refractivity contribution < 1.29 is 13.2 Å². The summed E-state index contributed by atoms with van der Waals surface area (Å²) in [5, 5.41) is 2.43. The van der Waals surface area contributed by atoms with Crippen molar-refractivity contribution in [2.75, 3.05) is 23.9 Å². The molecule has 0 aromatic carbocycles. The molecular weight excluding hydrogens is 299 g/mol. The van der Waals surface area contributed by atoms with Crippen LogP contribution in [0.4, 0.5) is 19.0 Å². The molecule has 0 bridgehead atoms. The minimum absolute atomic E-state index is 0.109. The predicted molar refractivity (Wildman–Crippen MR) is 72.8 cm³/mol. The zero-order valence-corrected chi connectivity index (χ0v) is 12.0. The lowest BCUT2D eigenvalue weighted by Gasteiger charge is -2.09. The zero-order chi connectivity index (χ0) is 14.3. The van der Waals surface area contributed by atoms with Gasteiger partial charge >= 0.3 is 6.18 Å². The van der Waals surface area contributed by atoms with Crippen LogP contribution in [-0.4, -0.2) is 28.5 Å². The Morgan fingerprint density at radius 3 is 2.63 bits per heavy atom. The molecule has 0 spiro atoms. The third-order valence-electron chi connectivity index (χ3n) is 2.32. The van der Waals surface area contributed by atoms with E-state index in [2.05, 4.69) is 15.3 Å². The van der Waals surface area contributed by atoms with Gasteiger partial charge in [0.05, 0.1) is 0 Å². The first kappa shape index (κ1) is 16.4. The van der Waals surface area contributed by atoms with Gasteiger partial charge in [0.2, 0.25) is 5.28 Å². The summed E-state index contributed by atoms with van der Waals surface area (Å²) in [7, 11) is 0. The van der Waals surface area contributed by atoms with Gasteiger partial charge in [0.15, 0.2) is 5.69 Å². The summed E-state index contributed by atoms with van der Waals surface area (Å²) in [4.78, 5) is 6.88. The van der Waals surface area contributed by atoms with Crippen LogP contribution in [-0.2, 0) is 6.18 Å². The molecule has 1 N–H and O–H groups in total. The maximum atomic E-state index is 12.5. The molecule has 0 aliphatic heterocycles. The van der Waals surface area contributed by atoms with Crippen molar-refractivity contribution in [1.82, 2.24) is 9.97 Å². The summed E-state index contributed by atoms with van der Waals surface area (Å²) >= 11 is 7.25. The van der Waals surface area contributed by atoms with Gasteiger partial charge in [-0.15, -0.1) is 0 Å². The van der Waals surface area contributed by atoms with Crippen molar-refractivity contribution in [2.45, 2.75) is 25.4 Å². The standard InChI is InChI=1S/C11H15ClF3N3S/c1-19-6-4-2-3-5-16-9-7-8(11(13,14)15)17-10(12)18-9/h7H,2-6H2,1H3,(H,16,17,18). The molecule has 0 amide bonds. The molecule has 0 saturated carbocycles. The first-order valence-corrected chi connectivity index (χ1v) is 7.55. The van der Waals surface area contributed by atoms with Gasteiger partial charge in [-0.3, -0.25) is 0 Å². The number of hydrogen-bond acceptors (Lipinski definition) is 4. The van der Waals surface area contributed by atoms with E-state index in [9.17, 15) is 13.2 Å². The molecule has 0 saturated heterocycles. The Labute approximate surface area is 119 Å². The third-order valence-corrected chi connectivity index (χ3v) is 3.19. The van der Waals surface area contributed by atoms with Crippen LogP contribution in [0.2, 0.25) is 5.28 Å². The van der Waals surface area contributed by atoms with Gasteiger partial charge in [-0.25, -0.2) is 9.97 Å². The first-order valence-electron chi connectivity index (χ1n) is 5.78. The summed E-state index contributed by atoms with van der Waals surface area (Å²) < 4.78 is 37.5. The molecule has 0 atom stereocenters. The number of alkyl halides is 3. The van der Waals surface area contributed by atoms with Crippen LogP contribution >= 0.6 is 23.4 Å². The molecule has 0 aliphatic carbocycles. The maximum absolute atomic E-state index is 12.5. The van der Waals surface area contributed by atoms with Crippen LogP contribution in [0, 0.1) is 0 Å². The smallest absolute Gasteiger partial charge is 0.370 e. The molecule has 3 nitrogen and oxygen atoms in total. The summed E-state index contributed by atoms with van der Waals surface area (Å²) in [5.41, 5.74) is -1.03. The van der Waals surface area contributed by atoms with E-state index in [1.807, 2.05) is 6.26 Å². The van der Waals surface area contributed by atoms with E-state index in [4.69, 9.17) is 11.6 Å². The molecule has 8 heteroatoms. The fourth-order valence-electron chi connectivity index (χ4n) is 1.42. The highest BCUT2D eigenvalue weighted by molar-refractivity contribution is 7.98. The van der Waals surface area contributed by atoms with Crippen molar-refractivity contribution >= 4 is 29.2 Å². The Hall–Kier alpha value is -0.690. The predicted octanol–water partition coefficient (Wildman–Crippen LogP) is 4.09. The average molecular weight is 314 g/mol. The molecule has 0 aliphatic rings. The molecule has 0 unspecified atom stereocenters. The number of hydrogen-bond donors (Lipinski definition) is 1. The number of aromatic nitrogens is 2. The Morgan fingerprint density at radius 2 is 2.00 bits per heavy atom. The van der Waals surface area contributed by atoms with Crippen LogP contribution in [0.15, 0.2) is 6.07 Å². The fourth-order valence-corrected chi connectivity index (χ4v) is 2.09. The van der Waals surface area contributed by atoms with Gasteiger partial charge in [0.25, 0.3) is 0 Å². The van der Waals surface area contributed by atoms with Gasteiger partial charge in [-0.2, -0.15) is 24.9 Å². The molecule has 1 heterocycles. The van der Waals surface area contributed by atoms with Crippen molar-refractivity contribution in [3.05, 3.63) is 17.0 Å². The van der Waals surface area contributed by atoms with Crippen LogP contribution in [0.5, 0.6) is 0 Å². The number of nitrogens with one attached hydrogen (secondary N) is 1. The van der Waals surface area contributed by atoms with Gasteiger partial charge < -0.3 is 5.32 Å². The lowest BCUT2D eigenvalue weighted by atomic mass is 10.2. The van der Waals surface area contributed by atoms with Crippen LogP contribution in [0.25, 0.3) is 0 Å². The normalized spacial score (nSPS) is 11.6. The molecule has 19 heavy (non-hydrogen) atoms. The van der Waals surface area contributed by atoms with E-state index in [0.717, 1.165) is 31.1 Å². The van der Waals surface area contributed by atoms with E-state index < -0.39 is 17.2 Å². The number of thioether (sulfide) groups is 1. The monoisotopic (exact) mass is 313 g/mol. The third kappa shape index (κ3) is 6.33. The lowest BCUT2D eigenvalue weighted by molar-refractivity contribution is -0.141. The molecule has 1 aromatic rings. The van der Waals surface area contributed by atoms with E-state index in [-0.39, 0.29) is 5.82 Å². The van der Waals surface area contributed by atoms with Gasteiger partial charge in [0.1, 0.15) is 5.82 Å². The summed E-state index contributed by atoms with van der Waals surface area (Å²) in [5.74, 6) is 1.20. The Balaban J connectivity index is 2.48. The minimum Gasteiger partial charge on any atom is -0.370 e. The van der Waals surface area contributed by atoms with E-state index >= 15 is 0 Å².